The van der Waals surface area contributed by atoms with Gasteiger partial charge in [0.05, 0.1) is 6.10 Å². The van der Waals surface area contributed by atoms with Crippen LogP contribution in [0.25, 0.3) is 0 Å². The summed E-state index contributed by atoms with van der Waals surface area (Å²) in [6.07, 6.45) is 1.58. The van der Waals surface area contributed by atoms with Crippen LogP contribution in [-0.4, -0.2) is 5.11 Å². The van der Waals surface area contributed by atoms with Crippen molar-refractivity contribution in [2.24, 2.45) is 17.8 Å². The van der Waals surface area contributed by atoms with Crippen LogP contribution in [0.4, 0.5) is 13.2 Å². The quantitative estimate of drug-likeness (QED) is 0.800. The Morgan fingerprint density at radius 1 is 0.947 bits per heavy atom. The fraction of sp³-hybridized carbons (Fsp3) is 0.600. The first kappa shape index (κ1) is 14.4. The maximum Gasteiger partial charge on any atom is 0.161 e. The van der Waals surface area contributed by atoms with Crippen molar-refractivity contribution >= 4 is 0 Å². The Hall–Kier alpha value is -1.03. The van der Waals surface area contributed by atoms with Gasteiger partial charge in [-0.1, -0.05) is 13.8 Å². The number of halogens is 3. The summed E-state index contributed by atoms with van der Waals surface area (Å²) >= 11 is 0. The van der Waals surface area contributed by atoms with Crippen molar-refractivity contribution < 1.29 is 18.3 Å². The second kappa shape index (κ2) is 5.53. The second-order valence-corrected chi connectivity index (χ2v) is 5.91. The zero-order chi connectivity index (χ0) is 14.2. The van der Waals surface area contributed by atoms with Gasteiger partial charge < -0.3 is 5.11 Å². The molecule has 2 rings (SSSR count). The highest BCUT2D eigenvalue weighted by molar-refractivity contribution is 5.23. The van der Waals surface area contributed by atoms with E-state index in [4.69, 9.17) is 0 Å². The molecule has 1 aliphatic carbocycles. The number of aliphatic hydroxyl groups excluding tert-OH is 1. The molecule has 1 aromatic carbocycles. The normalized spacial score (nSPS) is 29.3. The first-order chi connectivity index (χ1) is 8.88. The molecule has 0 heterocycles. The Morgan fingerprint density at radius 2 is 1.47 bits per heavy atom. The molecule has 0 saturated heterocycles. The average molecular weight is 272 g/mol. The highest BCUT2D eigenvalue weighted by Crippen LogP contribution is 2.40. The van der Waals surface area contributed by atoms with Crippen LogP contribution in [0.15, 0.2) is 12.1 Å². The summed E-state index contributed by atoms with van der Waals surface area (Å²) in [4.78, 5) is 0. The average Bonchev–Trinajstić information content (AvgIpc) is 2.31. The molecule has 0 radical (unpaired) electrons. The van der Waals surface area contributed by atoms with E-state index in [0.29, 0.717) is 17.9 Å². The van der Waals surface area contributed by atoms with Crippen LogP contribution in [0.2, 0.25) is 0 Å². The maximum atomic E-state index is 13.7. The van der Waals surface area contributed by atoms with Crippen molar-refractivity contribution in [3.8, 4) is 0 Å². The minimum absolute atomic E-state index is 0.0990. The fourth-order valence-corrected chi connectivity index (χ4v) is 3.29. The van der Waals surface area contributed by atoms with Crippen LogP contribution in [0.5, 0.6) is 0 Å². The molecule has 1 fully saturated rings. The van der Waals surface area contributed by atoms with Crippen molar-refractivity contribution in [1.29, 1.82) is 0 Å². The van der Waals surface area contributed by atoms with Crippen molar-refractivity contribution in [1.82, 2.24) is 0 Å². The number of benzene rings is 1. The van der Waals surface area contributed by atoms with E-state index < -0.39 is 23.6 Å². The van der Waals surface area contributed by atoms with Gasteiger partial charge in [-0.15, -0.1) is 0 Å². The van der Waals surface area contributed by atoms with E-state index >= 15 is 0 Å². The number of aliphatic hydroxyl groups is 1. The largest absolute Gasteiger partial charge is 0.388 e. The van der Waals surface area contributed by atoms with Crippen LogP contribution < -0.4 is 0 Å². The predicted molar refractivity (Wildman–Crippen MR) is 66.9 cm³/mol. The highest BCUT2D eigenvalue weighted by Gasteiger charge is 2.31. The van der Waals surface area contributed by atoms with Crippen LogP contribution in [0, 0.1) is 35.2 Å². The van der Waals surface area contributed by atoms with Gasteiger partial charge in [0.15, 0.2) is 11.6 Å². The Kier molecular flexibility index (Phi) is 4.19. The van der Waals surface area contributed by atoms with Crippen LogP contribution in [0.1, 0.15) is 44.8 Å². The van der Waals surface area contributed by atoms with Crippen molar-refractivity contribution in [2.45, 2.75) is 39.2 Å². The van der Waals surface area contributed by atoms with E-state index in [-0.39, 0.29) is 11.5 Å². The van der Waals surface area contributed by atoms with Crippen LogP contribution >= 0.6 is 0 Å². The minimum Gasteiger partial charge on any atom is -0.388 e. The van der Waals surface area contributed by atoms with Gasteiger partial charge in [-0.2, -0.15) is 0 Å². The van der Waals surface area contributed by atoms with E-state index in [1.807, 2.05) is 0 Å². The summed E-state index contributed by atoms with van der Waals surface area (Å²) in [5.74, 6) is -2.41. The second-order valence-electron chi connectivity index (χ2n) is 5.91. The summed E-state index contributed by atoms with van der Waals surface area (Å²) in [6.45, 7) is 4.19. The zero-order valence-electron chi connectivity index (χ0n) is 11.2. The third kappa shape index (κ3) is 3.11. The maximum absolute atomic E-state index is 13.7. The SMILES string of the molecule is CC1CC(C)CC(C(O)c2cc(F)c(F)cc2F)C1. The molecule has 106 valence electrons. The summed E-state index contributed by atoms with van der Waals surface area (Å²) in [7, 11) is 0. The van der Waals surface area contributed by atoms with Gasteiger partial charge in [0.25, 0.3) is 0 Å². The number of hydrogen-bond donors (Lipinski definition) is 1. The van der Waals surface area contributed by atoms with E-state index in [1.54, 1.807) is 0 Å². The van der Waals surface area contributed by atoms with Gasteiger partial charge in [0, 0.05) is 11.6 Å². The molecule has 1 aliphatic rings. The van der Waals surface area contributed by atoms with E-state index in [9.17, 15) is 18.3 Å². The molecule has 1 saturated carbocycles. The zero-order valence-corrected chi connectivity index (χ0v) is 11.2. The molecule has 0 aromatic heterocycles. The van der Waals surface area contributed by atoms with E-state index in [0.717, 1.165) is 25.3 Å². The third-order valence-electron chi connectivity index (χ3n) is 4.02. The summed E-state index contributed by atoms with van der Waals surface area (Å²) in [6, 6.07) is 1.28. The Balaban J connectivity index is 2.23. The molecule has 3 unspecified atom stereocenters. The molecule has 1 aromatic rings. The molecule has 19 heavy (non-hydrogen) atoms. The number of hydrogen-bond acceptors (Lipinski definition) is 1. The summed E-state index contributed by atoms with van der Waals surface area (Å²) in [5.41, 5.74) is -0.134. The first-order valence-corrected chi connectivity index (χ1v) is 6.71. The van der Waals surface area contributed by atoms with Gasteiger partial charge in [-0.3, -0.25) is 0 Å². The third-order valence-corrected chi connectivity index (χ3v) is 4.02. The molecule has 1 N–H and O–H groups in total. The monoisotopic (exact) mass is 272 g/mol. The lowest BCUT2D eigenvalue weighted by atomic mass is 9.73. The summed E-state index contributed by atoms with van der Waals surface area (Å²) < 4.78 is 39.7. The molecule has 0 amide bonds. The molecule has 3 atom stereocenters. The lowest BCUT2D eigenvalue weighted by Gasteiger charge is -2.34. The summed E-state index contributed by atoms with van der Waals surface area (Å²) in [5, 5.41) is 10.2. The molecule has 0 spiro atoms. The minimum atomic E-state index is -1.22. The standard InChI is InChI=1S/C15H19F3O/c1-8-3-9(2)5-10(4-8)15(19)11-6-13(17)14(18)7-12(11)16/h6-10,15,19H,3-5H2,1-2H3. The van der Waals surface area contributed by atoms with E-state index in [2.05, 4.69) is 13.8 Å². The van der Waals surface area contributed by atoms with Gasteiger partial charge in [-0.05, 0) is 43.1 Å². The predicted octanol–water partition coefficient (Wildman–Crippen LogP) is 4.21. The lowest BCUT2D eigenvalue weighted by molar-refractivity contribution is 0.0523. The molecule has 4 heteroatoms. The van der Waals surface area contributed by atoms with Crippen LogP contribution in [-0.2, 0) is 0 Å². The molecular formula is C15H19F3O. The lowest BCUT2D eigenvalue weighted by Crippen LogP contribution is -2.25. The van der Waals surface area contributed by atoms with Crippen LogP contribution in [0.3, 0.4) is 0 Å². The van der Waals surface area contributed by atoms with Gasteiger partial charge in [0.2, 0.25) is 0 Å². The Labute approximate surface area is 111 Å². The highest BCUT2D eigenvalue weighted by atomic mass is 19.2. The Morgan fingerprint density at radius 3 is 2.05 bits per heavy atom. The topological polar surface area (TPSA) is 20.2 Å². The molecule has 0 aliphatic heterocycles. The Bertz CT molecular complexity index is 451. The van der Waals surface area contributed by atoms with E-state index in [1.165, 1.54) is 0 Å². The molecule has 0 bridgehead atoms. The fourth-order valence-electron chi connectivity index (χ4n) is 3.29. The molecular weight excluding hydrogens is 253 g/mol. The smallest absolute Gasteiger partial charge is 0.161 e. The number of rotatable bonds is 2. The first-order valence-electron chi connectivity index (χ1n) is 6.71. The van der Waals surface area contributed by atoms with Crippen molar-refractivity contribution in [2.75, 3.05) is 0 Å². The van der Waals surface area contributed by atoms with Crippen molar-refractivity contribution in [3.05, 3.63) is 35.1 Å². The van der Waals surface area contributed by atoms with Gasteiger partial charge in [0.1, 0.15) is 5.82 Å². The van der Waals surface area contributed by atoms with Crippen molar-refractivity contribution in [3.63, 3.8) is 0 Å². The van der Waals surface area contributed by atoms with Gasteiger partial charge >= 0.3 is 0 Å². The van der Waals surface area contributed by atoms with Gasteiger partial charge in [-0.25, -0.2) is 13.2 Å². The molecule has 1 nitrogen and oxygen atoms in total.